The van der Waals surface area contributed by atoms with E-state index in [2.05, 4.69) is 22.4 Å². The lowest BCUT2D eigenvalue weighted by atomic mass is 9.96. The summed E-state index contributed by atoms with van der Waals surface area (Å²) in [6.07, 6.45) is 11.8. The number of thioether (sulfide) groups is 1. The molecule has 1 saturated carbocycles. The van der Waals surface area contributed by atoms with Crippen LogP contribution in [0.3, 0.4) is 0 Å². The number of guanidine groups is 1. The molecule has 2 fully saturated rings. The molecule has 1 saturated heterocycles. The van der Waals surface area contributed by atoms with Crippen molar-refractivity contribution in [1.29, 1.82) is 0 Å². The Hall–Kier alpha value is -0.370. The second kappa shape index (κ2) is 11.3. The summed E-state index contributed by atoms with van der Waals surface area (Å²) >= 11 is 2.05. The molecular formula is C18H30IN3OS. The molecule has 0 radical (unpaired) electrons. The van der Waals surface area contributed by atoms with E-state index in [-0.39, 0.29) is 24.0 Å². The van der Waals surface area contributed by atoms with Crippen molar-refractivity contribution in [2.45, 2.75) is 63.5 Å². The van der Waals surface area contributed by atoms with Crippen molar-refractivity contribution >= 4 is 41.7 Å². The summed E-state index contributed by atoms with van der Waals surface area (Å²) < 4.78 is 5.40. The standard InChI is InChI=1S/C18H29N3OS.HI/c1-2-6-15(7-3-1)20-18(21-16-8-5-13-23-14-16)19-11-10-17-9-4-12-22-17;/h4,9,12,15-16H,1-3,5-8,10-11,13-14H2,(H2,19,20,21);1H. The maximum absolute atomic E-state index is 5.40. The molecule has 1 aromatic rings. The number of aliphatic imine (C=N–C) groups is 1. The van der Waals surface area contributed by atoms with Gasteiger partial charge in [-0.1, -0.05) is 19.3 Å². The van der Waals surface area contributed by atoms with Gasteiger partial charge in [-0.15, -0.1) is 24.0 Å². The molecule has 0 spiro atoms. The van der Waals surface area contributed by atoms with E-state index in [0.717, 1.165) is 24.7 Å². The Morgan fingerprint density at radius 1 is 1.12 bits per heavy atom. The largest absolute Gasteiger partial charge is 0.469 e. The van der Waals surface area contributed by atoms with E-state index in [9.17, 15) is 0 Å². The van der Waals surface area contributed by atoms with Crippen LogP contribution in [-0.4, -0.2) is 36.1 Å². The third kappa shape index (κ3) is 6.86. The molecule has 2 aliphatic rings. The van der Waals surface area contributed by atoms with Gasteiger partial charge in [-0.2, -0.15) is 11.8 Å². The van der Waals surface area contributed by atoms with Crippen LogP contribution >= 0.6 is 35.7 Å². The molecule has 1 aliphatic heterocycles. The molecule has 0 aromatic carbocycles. The van der Waals surface area contributed by atoms with Gasteiger partial charge in [0.25, 0.3) is 0 Å². The van der Waals surface area contributed by atoms with E-state index in [1.54, 1.807) is 6.26 Å². The van der Waals surface area contributed by atoms with Crippen LogP contribution in [-0.2, 0) is 6.42 Å². The van der Waals surface area contributed by atoms with E-state index < -0.39 is 0 Å². The zero-order chi connectivity index (χ0) is 15.7. The molecule has 2 heterocycles. The van der Waals surface area contributed by atoms with Gasteiger partial charge >= 0.3 is 0 Å². The lowest BCUT2D eigenvalue weighted by Gasteiger charge is -2.29. The Bertz CT molecular complexity index is 447. The normalized spacial score (nSPS) is 22.7. The Labute approximate surface area is 167 Å². The van der Waals surface area contributed by atoms with E-state index in [1.807, 2.05) is 12.1 Å². The fourth-order valence-electron chi connectivity index (χ4n) is 3.35. The third-order valence-electron chi connectivity index (χ3n) is 4.66. The van der Waals surface area contributed by atoms with Crippen LogP contribution in [0, 0.1) is 0 Å². The lowest BCUT2D eigenvalue weighted by Crippen LogP contribution is -2.49. The summed E-state index contributed by atoms with van der Waals surface area (Å²) in [4.78, 5) is 4.81. The van der Waals surface area contributed by atoms with Crippen LogP contribution in [0.1, 0.15) is 50.7 Å². The minimum absolute atomic E-state index is 0. The predicted molar refractivity (Wildman–Crippen MR) is 114 cm³/mol. The molecule has 0 amide bonds. The second-order valence-electron chi connectivity index (χ2n) is 6.60. The Kier molecular flexibility index (Phi) is 9.38. The first kappa shape index (κ1) is 19.9. The zero-order valence-corrected chi connectivity index (χ0v) is 17.5. The Morgan fingerprint density at radius 2 is 1.92 bits per heavy atom. The fraction of sp³-hybridized carbons (Fsp3) is 0.722. The average Bonchev–Trinajstić information content (AvgIpc) is 3.10. The van der Waals surface area contributed by atoms with Crippen LogP contribution < -0.4 is 10.6 Å². The Morgan fingerprint density at radius 3 is 2.62 bits per heavy atom. The van der Waals surface area contributed by atoms with Crippen LogP contribution in [0.25, 0.3) is 0 Å². The van der Waals surface area contributed by atoms with E-state index in [4.69, 9.17) is 9.41 Å². The molecule has 24 heavy (non-hydrogen) atoms. The number of nitrogens with one attached hydrogen (secondary N) is 2. The monoisotopic (exact) mass is 463 g/mol. The second-order valence-corrected chi connectivity index (χ2v) is 7.75. The summed E-state index contributed by atoms with van der Waals surface area (Å²) in [6, 6.07) is 5.12. The van der Waals surface area contributed by atoms with Crippen LogP contribution in [0.15, 0.2) is 27.8 Å². The molecule has 1 atom stereocenters. The lowest BCUT2D eigenvalue weighted by molar-refractivity contribution is 0.407. The van der Waals surface area contributed by atoms with E-state index in [1.165, 1.54) is 56.5 Å². The number of furan rings is 1. The van der Waals surface area contributed by atoms with Crippen LogP contribution in [0.2, 0.25) is 0 Å². The van der Waals surface area contributed by atoms with Gasteiger partial charge in [0.05, 0.1) is 6.26 Å². The van der Waals surface area contributed by atoms with E-state index >= 15 is 0 Å². The van der Waals surface area contributed by atoms with Gasteiger partial charge in [0, 0.05) is 30.8 Å². The number of hydrogen-bond donors (Lipinski definition) is 2. The van der Waals surface area contributed by atoms with Gasteiger partial charge in [0.1, 0.15) is 5.76 Å². The van der Waals surface area contributed by atoms with Crippen molar-refractivity contribution in [2.75, 3.05) is 18.1 Å². The first-order valence-corrected chi connectivity index (χ1v) is 10.2. The average molecular weight is 463 g/mol. The Balaban J connectivity index is 0.00000208. The molecule has 6 heteroatoms. The molecule has 4 nitrogen and oxygen atoms in total. The molecule has 2 N–H and O–H groups in total. The molecule has 1 aromatic heterocycles. The molecule has 0 bridgehead atoms. The van der Waals surface area contributed by atoms with Gasteiger partial charge in [0.15, 0.2) is 5.96 Å². The highest BCUT2D eigenvalue weighted by Gasteiger charge is 2.18. The summed E-state index contributed by atoms with van der Waals surface area (Å²) in [6.45, 7) is 0.773. The minimum Gasteiger partial charge on any atom is -0.469 e. The molecular weight excluding hydrogens is 433 g/mol. The van der Waals surface area contributed by atoms with Crippen molar-refractivity contribution in [3.8, 4) is 0 Å². The summed E-state index contributed by atoms with van der Waals surface area (Å²) in [7, 11) is 0. The summed E-state index contributed by atoms with van der Waals surface area (Å²) in [5.41, 5.74) is 0. The van der Waals surface area contributed by atoms with Crippen molar-refractivity contribution in [2.24, 2.45) is 4.99 Å². The predicted octanol–water partition coefficient (Wildman–Crippen LogP) is 4.20. The highest BCUT2D eigenvalue weighted by atomic mass is 127. The maximum Gasteiger partial charge on any atom is 0.191 e. The quantitative estimate of drug-likeness (QED) is 0.391. The molecule has 136 valence electrons. The van der Waals surface area contributed by atoms with Gasteiger partial charge in [-0.3, -0.25) is 4.99 Å². The number of nitrogens with zero attached hydrogens (tertiary/aromatic N) is 1. The third-order valence-corrected chi connectivity index (χ3v) is 5.87. The number of rotatable bonds is 5. The van der Waals surface area contributed by atoms with Gasteiger partial charge < -0.3 is 15.1 Å². The summed E-state index contributed by atoms with van der Waals surface area (Å²) in [5.74, 6) is 4.53. The SMILES string of the molecule is I.c1coc(CCN=C(NC2CCCCC2)NC2CCCSC2)c1. The highest BCUT2D eigenvalue weighted by molar-refractivity contribution is 14.0. The maximum atomic E-state index is 5.40. The van der Waals surface area contributed by atoms with Gasteiger partial charge in [-0.25, -0.2) is 0 Å². The van der Waals surface area contributed by atoms with Crippen molar-refractivity contribution in [3.05, 3.63) is 24.2 Å². The number of hydrogen-bond acceptors (Lipinski definition) is 3. The van der Waals surface area contributed by atoms with Gasteiger partial charge in [-0.05, 0) is 43.6 Å². The first-order chi connectivity index (χ1) is 11.4. The van der Waals surface area contributed by atoms with Crippen LogP contribution in [0.4, 0.5) is 0 Å². The van der Waals surface area contributed by atoms with Crippen molar-refractivity contribution in [1.82, 2.24) is 10.6 Å². The van der Waals surface area contributed by atoms with Gasteiger partial charge in [0.2, 0.25) is 0 Å². The van der Waals surface area contributed by atoms with Crippen LogP contribution in [0.5, 0.6) is 0 Å². The van der Waals surface area contributed by atoms with E-state index in [0.29, 0.717) is 12.1 Å². The zero-order valence-electron chi connectivity index (χ0n) is 14.3. The highest BCUT2D eigenvalue weighted by Crippen LogP contribution is 2.19. The molecule has 1 aliphatic carbocycles. The summed E-state index contributed by atoms with van der Waals surface area (Å²) in [5, 5.41) is 7.35. The smallest absolute Gasteiger partial charge is 0.191 e. The fourth-order valence-corrected chi connectivity index (χ4v) is 4.43. The first-order valence-electron chi connectivity index (χ1n) is 9.08. The molecule has 1 unspecified atom stereocenters. The van der Waals surface area contributed by atoms with Crippen molar-refractivity contribution < 1.29 is 4.42 Å². The van der Waals surface area contributed by atoms with Crippen molar-refractivity contribution in [3.63, 3.8) is 0 Å². The topological polar surface area (TPSA) is 49.6 Å². The molecule has 3 rings (SSSR count). The minimum atomic E-state index is 0. The number of halogens is 1.